The molecule has 2 rings (SSSR count). The minimum Gasteiger partial charge on any atom is -0.508 e. The smallest absolute Gasteiger partial charge is 0.115 e. The number of hydrogen-bond acceptors (Lipinski definition) is 2. The zero-order chi connectivity index (χ0) is 10.7. The van der Waals surface area contributed by atoms with Gasteiger partial charge in [-0.1, -0.05) is 19.8 Å². The summed E-state index contributed by atoms with van der Waals surface area (Å²) in [6.45, 7) is 2.35. The topological polar surface area (TPSA) is 20.2 Å². The third kappa shape index (κ3) is 3.16. The molecule has 0 bridgehead atoms. The Hall–Kier alpha value is -0.630. The molecule has 0 aliphatic heterocycles. The van der Waals surface area contributed by atoms with Gasteiger partial charge in [0.15, 0.2) is 0 Å². The van der Waals surface area contributed by atoms with Crippen LogP contribution in [-0.2, 0) is 0 Å². The molecule has 0 saturated heterocycles. The van der Waals surface area contributed by atoms with E-state index in [0.717, 1.165) is 11.2 Å². The van der Waals surface area contributed by atoms with Crippen LogP contribution < -0.4 is 0 Å². The highest BCUT2D eigenvalue weighted by molar-refractivity contribution is 8.00. The first-order valence-electron chi connectivity index (χ1n) is 5.70. The summed E-state index contributed by atoms with van der Waals surface area (Å²) in [6, 6.07) is 7.57. The first kappa shape index (κ1) is 10.9. The number of hydrogen-bond donors (Lipinski definition) is 1. The van der Waals surface area contributed by atoms with E-state index in [4.69, 9.17) is 0 Å². The molecule has 0 spiro atoms. The lowest BCUT2D eigenvalue weighted by Gasteiger charge is -2.26. The lowest BCUT2D eigenvalue weighted by atomic mass is 9.91. The van der Waals surface area contributed by atoms with Crippen LogP contribution in [0, 0.1) is 5.92 Å². The molecule has 82 valence electrons. The van der Waals surface area contributed by atoms with Gasteiger partial charge in [-0.05, 0) is 43.0 Å². The monoisotopic (exact) mass is 222 g/mol. The summed E-state index contributed by atoms with van der Waals surface area (Å²) in [6.07, 6.45) is 5.45. The standard InChI is InChI=1S/C13H18OS/c1-10-3-2-4-13(9-10)15-12-7-5-11(14)6-8-12/h5-8,10,13-14H,2-4,9H2,1H3. The molecule has 1 aliphatic carbocycles. The summed E-state index contributed by atoms with van der Waals surface area (Å²) in [5, 5.41) is 9.97. The molecule has 1 fully saturated rings. The molecular formula is C13H18OS. The zero-order valence-electron chi connectivity index (χ0n) is 9.15. The molecule has 15 heavy (non-hydrogen) atoms. The van der Waals surface area contributed by atoms with Crippen molar-refractivity contribution in [2.24, 2.45) is 5.92 Å². The summed E-state index contributed by atoms with van der Waals surface area (Å²) < 4.78 is 0. The van der Waals surface area contributed by atoms with E-state index >= 15 is 0 Å². The van der Waals surface area contributed by atoms with Crippen LogP contribution in [0.5, 0.6) is 5.75 Å². The molecule has 2 unspecified atom stereocenters. The lowest BCUT2D eigenvalue weighted by Crippen LogP contribution is -2.14. The van der Waals surface area contributed by atoms with Crippen LogP contribution >= 0.6 is 11.8 Å². The highest BCUT2D eigenvalue weighted by atomic mass is 32.2. The molecule has 1 aromatic rings. The summed E-state index contributed by atoms with van der Waals surface area (Å²) in [7, 11) is 0. The van der Waals surface area contributed by atoms with Gasteiger partial charge in [0.1, 0.15) is 5.75 Å². The Labute approximate surface area is 95.9 Å². The van der Waals surface area contributed by atoms with Crippen molar-refractivity contribution in [3.8, 4) is 5.75 Å². The number of rotatable bonds is 2. The van der Waals surface area contributed by atoms with Crippen LogP contribution in [0.3, 0.4) is 0 Å². The van der Waals surface area contributed by atoms with Gasteiger partial charge < -0.3 is 5.11 Å². The van der Waals surface area contributed by atoms with Crippen molar-refractivity contribution in [3.05, 3.63) is 24.3 Å². The van der Waals surface area contributed by atoms with E-state index in [1.807, 2.05) is 23.9 Å². The van der Waals surface area contributed by atoms with Crippen molar-refractivity contribution in [2.45, 2.75) is 42.8 Å². The van der Waals surface area contributed by atoms with Crippen LogP contribution in [0.25, 0.3) is 0 Å². The Morgan fingerprint density at radius 2 is 1.93 bits per heavy atom. The number of benzene rings is 1. The van der Waals surface area contributed by atoms with Gasteiger partial charge in [0.05, 0.1) is 0 Å². The SMILES string of the molecule is CC1CCCC(Sc2ccc(O)cc2)C1. The molecular weight excluding hydrogens is 204 g/mol. The third-order valence-electron chi connectivity index (χ3n) is 3.03. The quantitative estimate of drug-likeness (QED) is 0.814. The molecule has 1 aromatic carbocycles. The molecule has 1 aliphatic rings. The normalized spacial score (nSPS) is 26.5. The Morgan fingerprint density at radius 1 is 1.20 bits per heavy atom. The van der Waals surface area contributed by atoms with Gasteiger partial charge in [-0.15, -0.1) is 11.8 Å². The fourth-order valence-corrected chi connectivity index (χ4v) is 3.59. The van der Waals surface area contributed by atoms with Crippen molar-refractivity contribution in [3.63, 3.8) is 0 Å². The summed E-state index contributed by atoms with van der Waals surface area (Å²) in [5.74, 6) is 1.24. The van der Waals surface area contributed by atoms with Crippen LogP contribution in [0.1, 0.15) is 32.6 Å². The average molecular weight is 222 g/mol. The van der Waals surface area contributed by atoms with E-state index in [1.165, 1.54) is 30.6 Å². The molecule has 0 heterocycles. The van der Waals surface area contributed by atoms with E-state index in [2.05, 4.69) is 6.92 Å². The number of aromatic hydroxyl groups is 1. The second kappa shape index (κ2) is 4.93. The summed E-state index contributed by atoms with van der Waals surface area (Å²) in [4.78, 5) is 1.28. The molecule has 2 atom stereocenters. The minimum absolute atomic E-state index is 0.358. The predicted molar refractivity (Wildman–Crippen MR) is 65.4 cm³/mol. The fourth-order valence-electron chi connectivity index (χ4n) is 2.20. The third-order valence-corrected chi connectivity index (χ3v) is 4.33. The molecule has 1 N–H and O–H groups in total. The number of phenolic OH excluding ortho intramolecular Hbond substituents is 1. The maximum Gasteiger partial charge on any atom is 0.115 e. The molecule has 0 radical (unpaired) electrons. The highest BCUT2D eigenvalue weighted by Crippen LogP contribution is 2.36. The highest BCUT2D eigenvalue weighted by Gasteiger charge is 2.19. The minimum atomic E-state index is 0.358. The van der Waals surface area contributed by atoms with E-state index in [-0.39, 0.29) is 0 Å². The van der Waals surface area contributed by atoms with Gasteiger partial charge in [-0.2, -0.15) is 0 Å². The Bertz CT molecular complexity index is 307. The van der Waals surface area contributed by atoms with Crippen LogP contribution in [-0.4, -0.2) is 10.4 Å². The van der Waals surface area contributed by atoms with Gasteiger partial charge >= 0.3 is 0 Å². The lowest BCUT2D eigenvalue weighted by molar-refractivity contribution is 0.394. The van der Waals surface area contributed by atoms with E-state index < -0.39 is 0 Å². The largest absolute Gasteiger partial charge is 0.508 e. The maximum atomic E-state index is 9.20. The van der Waals surface area contributed by atoms with Crippen molar-refractivity contribution in [1.82, 2.24) is 0 Å². The van der Waals surface area contributed by atoms with Crippen LogP contribution in [0.2, 0.25) is 0 Å². The summed E-state index contributed by atoms with van der Waals surface area (Å²) >= 11 is 1.97. The van der Waals surface area contributed by atoms with Gasteiger partial charge in [0, 0.05) is 10.1 Å². The van der Waals surface area contributed by atoms with Crippen LogP contribution in [0.15, 0.2) is 29.2 Å². The predicted octanol–water partition coefficient (Wildman–Crippen LogP) is 4.06. The van der Waals surface area contributed by atoms with Crippen molar-refractivity contribution < 1.29 is 5.11 Å². The first-order valence-corrected chi connectivity index (χ1v) is 6.57. The van der Waals surface area contributed by atoms with E-state index in [0.29, 0.717) is 5.75 Å². The zero-order valence-corrected chi connectivity index (χ0v) is 9.96. The summed E-state index contributed by atoms with van der Waals surface area (Å²) in [5.41, 5.74) is 0. The second-order valence-corrected chi connectivity index (χ2v) is 5.88. The Balaban J connectivity index is 1.93. The maximum absolute atomic E-state index is 9.20. The number of phenols is 1. The van der Waals surface area contributed by atoms with Crippen molar-refractivity contribution in [1.29, 1.82) is 0 Å². The molecule has 0 amide bonds. The average Bonchev–Trinajstić information content (AvgIpc) is 2.22. The molecule has 2 heteroatoms. The van der Waals surface area contributed by atoms with Crippen molar-refractivity contribution >= 4 is 11.8 Å². The Kier molecular flexibility index (Phi) is 3.57. The van der Waals surface area contributed by atoms with Gasteiger partial charge in [-0.25, -0.2) is 0 Å². The Morgan fingerprint density at radius 3 is 2.60 bits per heavy atom. The van der Waals surface area contributed by atoms with E-state index in [1.54, 1.807) is 12.1 Å². The van der Waals surface area contributed by atoms with Gasteiger partial charge in [0.25, 0.3) is 0 Å². The first-order chi connectivity index (χ1) is 7.24. The van der Waals surface area contributed by atoms with Crippen LogP contribution in [0.4, 0.5) is 0 Å². The second-order valence-electron chi connectivity index (χ2n) is 4.51. The molecule has 1 saturated carbocycles. The molecule has 1 nitrogen and oxygen atoms in total. The van der Waals surface area contributed by atoms with E-state index in [9.17, 15) is 5.11 Å². The van der Waals surface area contributed by atoms with Crippen molar-refractivity contribution in [2.75, 3.05) is 0 Å². The molecule has 0 aromatic heterocycles. The fraction of sp³-hybridized carbons (Fsp3) is 0.538. The number of thioether (sulfide) groups is 1. The van der Waals surface area contributed by atoms with Gasteiger partial charge in [-0.3, -0.25) is 0 Å². The van der Waals surface area contributed by atoms with Gasteiger partial charge in [0.2, 0.25) is 0 Å².